The summed E-state index contributed by atoms with van der Waals surface area (Å²) in [5.41, 5.74) is 0.317. The molecule has 1 saturated carbocycles. The quantitative estimate of drug-likeness (QED) is 0.782. The largest absolute Gasteiger partial charge is 0.388 e. The van der Waals surface area contributed by atoms with Gasteiger partial charge in [0, 0.05) is 10.0 Å². The average Bonchev–Trinajstić information content (AvgIpc) is 2.72. The maximum Gasteiger partial charge on any atom is 0.148 e. The molecule has 0 spiro atoms. The fraction of sp³-hybridized carbons (Fsp3) is 0.538. The van der Waals surface area contributed by atoms with E-state index in [0.29, 0.717) is 16.0 Å². The van der Waals surface area contributed by atoms with Gasteiger partial charge in [-0.2, -0.15) is 0 Å². The topological polar surface area (TPSA) is 20.2 Å². The van der Waals surface area contributed by atoms with Crippen molar-refractivity contribution in [2.75, 3.05) is 0 Å². The van der Waals surface area contributed by atoms with Gasteiger partial charge in [0.05, 0.1) is 11.1 Å². The Hall–Kier alpha value is -0.120. The van der Waals surface area contributed by atoms with Crippen molar-refractivity contribution in [3.8, 4) is 0 Å². The Bertz CT molecular complexity index is 424. The average molecular weight is 322 g/mol. The van der Waals surface area contributed by atoms with Crippen LogP contribution in [0.2, 0.25) is 5.02 Å². The molecule has 0 radical (unpaired) electrons. The summed E-state index contributed by atoms with van der Waals surface area (Å²) in [5.74, 6) is 0.258. The molecule has 1 aromatic carbocycles. The van der Waals surface area contributed by atoms with E-state index >= 15 is 0 Å². The Morgan fingerprint density at radius 2 is 2.18 bits per heavy atom. The Labute approximate surface area is 114 Å². The normalized spacial score (nSPS) is 26.2. The molecule has 1 fully saturated rings. The maximum absolute atomic E-state index is 13.9. The van der Waals surface area contributed by atoms with Gasteiger partial charge in [-0.1, -0.05) is 31.0 Å². The van der Waals surface area contributed by atoms with Gasteiger partial charge in [0.2, 0.25) is 0 Å². The zero-order valence-electron chi connectivity index (χ0n) is 9.59. The summed E-state index contributed by atoms with van der Waals surface area (Å²) >= 11 is 9.00. The molecule has 1 aliphatic carbocycles. The zero-order valence-corrected chi connectivity index (χ0v) is 11.9. The lowest BCUT2D eigenvalue weighted by molar-refractivity contribution is 0.106. The van der Waals surface area contributed by atoms with Crippen molar-refractivity contribution in [2.24, 2.45) is 11.8 Å². The minimum Gasteiger partial charge on any atom is -0.388 e. The number of aliphatic hydroxyl groups is 1. The van der Waals surface area contributed by atoms with Gasteiger partial charge in [-0.05, 0) is 46.7 Å². The van der Waals surface area contributed by atoms with Crippen molar-refractivity contribution >= 4 is 27.5 Å². The first-order valence-electron chi connectivity index (χ1n) is 5.82. The Kier molecular flexibility index (Phi) is 4.11. The van der Waals surface area contributed by atoms with Crippen LogP contribution >= 0.6 is 27.5 Å². The van der Waals surface area contributed by atoms with Gasteiger partial charge >= 0.3 is 0 Å². The molecule has 4 heteroatoms. The molecule has 1 N–H and O–H groups in total. The van der Waals surface area contributed by atoms with E-state index in [-0.39, 0.29) is 10.9 Å². The lowest BCUT2D eigenvalue weighted by atomic mass is 9.93. The third-order valence-corrected chi connectivity index (χ3v) is 4.82. The number of halogens is 3. The molecule has 1 aliphatic rings. The van der Waals surface area contributed by atoms with E-state index in [4.69, 9.17) is 11.6 Å². The summed E-state index contributed by atoms with van der Waals surface area (Å²) in [6, 6.07) is 3.29. The Morgan fingerprint density at radius 1 is 1.47 bits per heavy atom. The van der Waals surface area contributed by atoms with Gasteiger partial charge in [-0.3, -0.25) is 0 Å². The second-order valence-electron chi connectivity index (χ2n) is 4.89. The molecular formula is C13H15BrClFO. The first-order valence-corrected chi connectivity index (χ1v) is 6.99. The van der Waals surface area contributed by atoms with Gasteiger partial charge in [0.15, 0.2) is 0 Å². The summed E-state index contributed by atoms with van der Waals surface area (Å²) in [5, 5.41) is 10.3. The summed E-state index contributed by atoms with van der Waals surface area (Å²) in [7, 11) is 0. The van der Waals surface area contributed by atoms with Crippen molar-refractivity contribution in [2.45, 2.75) is 32.3 Å². The van der Waals surface area contributed by atoms with Gasteiger partial charge in [0.1, 0.15) is 5.82 Å². The summed E-state index contributed by atoms with van der Waals surface area (Å²) in [4.78, 5) is 0. The predicted molar refractivity (Wildman–Crippen MR) is 70.6 cm³/mol. The van der Waals surface area contributed by atoms with Crippen LogP contribution in [-0.4, -0.2) is 5.11 Å². The summed E-state index contributed by atoms with van der Waals surface area (Å²) in [6.45, 7) is 2.16. The van der Waals surface area contributed by atoms with E-state index in [0.717, 1.165) is 19.3 Å². The van der Waals surface area contributed by atoms with Crippen LogP contribution in [-0.2, 0) is 0 Å². The van der Waals surface area contributed by atoms with Crippen LogP contribution in [0.4, 0.5) is 4.39 Å². The molecule has 1 nitrogen and oxygen atoms in total. The van der Waals surface area contributed by atoms with E-state index in [1.54, 1.807) is 12.1 Å². The molecule has 94 valence electrons. The van der Waals surface area contributed by atoms with Gasteiger partial charge in [-0.25, -0.2) is 4.39 Å². The highest BCUT2D eigenvalue weighted by molar-refractivity contribution is 9.10. The third kappa shape index (κ3) is 2.67. The second-order valence-corrected chi connectivity index (χ2v) is 6.12. The minimum atomic E-state index is -0.745. The highest BCUT2D eigenvalue weighted by Gasteiger charge is 2.30. The van der Waals surface area contributed by atoms with Crippen LogP contribution in [0.15, 0.2) is 16.6 Å². The molecule has 0 saturated heterocycles. The van der Waals surface area contributed by atoms with Crippen molar-refractivity contribution in [3.05, 3.63) is 33.0 Å². The van der Waals surface area contributed by atoms with Crippen LogP contribution in [0, 0.1) is 17.7 Å². The van der Waals surface area contributed by atoms with Crippen LogP contribution in [0.25, 0.3) is 0 Å². The standard InChI is InChI=1S/C13H15BrClFO/c1-7-2-3-8(6-7)13(17)9-4-5-10(14)11(15)12(9)16/h4-5,7-8,13,17H,2-3,6H2,1H3. The molecule has 17 heavy (non-hydrogen) atoms. The molecule has 0 heterocycles. The molecule has 3 atom stereocenters. The summed E-state index contributed by atoms with van der Waals surface area (Å²) < 4.78 is 14.5. The number of hydrogen-bond acceptors (Lipinski definition) is 1. The second kappa shape index (κ2) is 5.25. The van der Waals surface area contributed by atoms with E-state index in [1.807, 2.05) is 0 Å². The molecule has 0 bridgehead atoms. The predicted octanol–water partition coefficient (Wildman–Crippen LogP) is 4.71. The molecule has 0 aliphatic heterocycles. The first kappa shape index (κ1) is 13.3. The lowest BCUT2D eigenvalue weighted by Gasteiger charge is -2.19. The molecular weight excluding hydrogens is 306 g/mol. The van der Waals surface area contributed by atoms with Crippen LogP contribution in [0.3, 0.4) is 0 Å². The molecule has 0 aromatic heterocycles. The van der Waals surface area contributed by atoms with E-state index in [9.17, 15) is 9.50 Å². The van der Waals surface area contributed by atoms with E-state index in [1.165, 1.54) is 0 Å². The zero-order chi connectivity index (χ0) is 12.6. The van der Waals surface area contributed by atoms with Crippen molar-refractivity contribution in [3.63, 3.8) is 0 Å². The van der Waals surface area contributed by atoms with Gasteiger partial charge in [0.25, 0.3) is 0 Å². The Morgan fingerprint density at radius 3 is 2.76 bits per heavy atom. The van der Waals surface area contributed by atoms with E-state index < -0.39 is 11.9 Å². The van der Waals surface area contributed by atoms with Crippen LogP contribution < -0.4 is 0 Å². The highest BCUT2D eigenvalue weighted by atomic mass is 79.9. The SMILES string of the molecule is CC1CCC(C(O)c2ccc(Br)c(Cl)c2F)C1. The van der Waals surface area contributed by atoms with Crippen molar-refractivity contribution in [1.29, 1.82) is 0 Å². The number of hydrogen-bond donors (Lipinski definition) is 1. The minimum absolute atomic E-state index is 0.0487. The monoisotopic (exact) mass is 320 g/mol. The molecule has 3 unspecified atom stereocenters. The maximum atomic E-state index is 13.9. The third-order valence-electron chi connectivity index (χ3n) is 3.57. The molecule has 2 rings (SSSR count). The lowest BCUT2D eigenvalue weighted by Crippen LogP contribution is -2.11. The highest BCUT2D eigenvalue weighted by Crippen LogP contribution is 2.41. The fourth-order valence-electron chi connectivity index (χ4n) is 2.56. The van der Waals surface area contributed by atoms with Crippen molar-refractivity contribution < 1.29 is 9.50 Å². The molecule has 1 aromatic rings. The van der Waals surface area contributed by atoms with Crippen LogP contribution in [0.1, 0.15) is 37.9 Å². The van der Waals surface area contributed by atoms with Gasteiger partial charge < -0.3 is 5.11 Å². The number of benzene rings is 1. The number of aliphatic hydroxyl groups excluding tert-OH is 1. The summed E-state index contributed by atoms with van der Waals surface area (Å²) in [6.07, 6.45) is 2.27. The number of rotatable bonds is 2. The van der Waals surface area contributed by atoms with Crippen LogP contribution in [0.5, 0.6) is 0 Å². The first-order chi connectivity index (χ1) is 8.00. The fourth-order valence-corrected chi connectivity index (χ4v) is 3.04. The Balaban J connectivity index is 2.25. The van der Waals surface area contributed by atoms with Gasteiger partial charge in [-0.15, -0.1) is 0 Å². The molecule has 0 amide bonds. The van der Waals surface area contributed by atoms with E-state index in [2.05, 4.69) is 22.9 Å². The van der Waals surface area contributed by atoms with Crippen molar-refractivity contribution in [1.82, 2.24) is 0 Å². The smallest absolute Gasteiger partial charge is 0.148 e.